The molecular formula is C101H104O22. The van der Waals surface area contributed by atoms with Gasteiger partial charge in [0.1, 0.15) is 38.1 Å². The smallest absolute Gasteiger partial charge is 0.338 e. The zero-order valence-electron chi connectivity index (χ0n) is 69.9. The molecule has 0 amide bonds. The first-order chi connectivity index (χ1) is 59.3. The van der Waals surface area contributed by atoms with E-state index in [0.29, 0.717) is 31.2 Å². The topological polar surface area (TPSA) is 274 Å². The second-order valence-electron chi connectivity index (χ2n) is 35.2. The van der Waals surface area contributed by atoms with Gasteiger partial charge in [-0.15, -0.1) is 0 Å². The molecule has 0 N–H and O–H groups in total. The standard InChI is InChI=1S/C101H104O22/c1-8-59-111-95(110)101-57-55-96(2,3)60-73(101)72-49-50-77-97(4)53-52-78(98(5,63-114-87(104)66-37-21-11-22-38-66)76(97)51-54-100(77,7)99(72,6)56-58-101)117-93-83(121-91(108)70-45-29-15-30-46-70)82(120-90(107)69-43-27-14-28-44-69)80(75(115-93)62-113-86(103)65-35-19-10-20-36-65)123-94-84(122-92(109)71-47-31-16-32-48-71)81(119-89(106)68-41-25-13-26-42-68)79(118-88(105)67-39-23-12-24-40-67)74(116-94)61-112-85(102)64-33-17-9-18-34-64/h8-49,73-84,93-94H,1,50-63H2,2-7H3/t73-,74+,75+,76?,77+,78-,79-,80+,81-,82-,83+,84+,93-,94-,97-,98-,99+,100+,101-/m0/s1. The number of benzene rings is 8. The molecule has 4 saturated carbocycles. The predicted molar refractivity (Wildman–Crippen MR) is 450 cm³/mol. The summed E-state index contributed by atoms with van der Waals surface area (Å²) in [6.07, 6.45) is -9.44. The lowest BCUT2D eigenvalue weighted by atomic mass is 9.33. The zero-order valence-corrected chi connectivity index (χ0v) is 69.9. The summed E-state index contributed by atoms with van der Waals surface area (Å²) in [5.41, 5.74) is -1.15. The van der Waals surface area contributed by atoms with Gasteiger partial charge in [-0.3, -0.25) is 4.79 Å². The first kappa shape index (κ1) is 86.3. The van der Waals surface area contributed by atoms with Gasteiger partial charge in [-0.05, 0) is 201 Å². The highest BCUT2D eigenvalue weighted by molar-refractivity contribution is 5.94. The molecule has 19 atom stereocenters. The first-order valence-electron chi connectivity index (χ1n) is 42.4. The van der Waals surface area contributed by atoms with Gasteiger partial charge < -0.3 is 61.6 Å². The number of fused-ring (bicyclic) bond motifs is 7. The van der Waals surface area contributed by atoms with Crippen LogP contribution in [-0.4, -0.2) is 148 Å². The van der Waals surface area contributed by atoms with Crippen molar-refractivity contribution in [2.24, 2.45) is 50.2 Å². The largest absolute Gasteiger partial charge is 0.461 e. The number of ether oxygens (including phenoxy) is 13. The summed E-state index contributed by atoms with van der Waals surface area (Å²) in [6.45, 7) is 16.1. The monoisotopic (exact) mass is 1670 g/mol. The Hall–Kier alpha value is -11.7. The van der Waals surface area contributed by atoms with Gasteiger partial charge in [-0.25, -0.2) is 38.4 Å². The summed E-state index contributed by atoms with van der Waals surface area (Å²) in [5, 5.41) is 0. The Kier molecular flexibility index (Phi) is 25.8. The maximum Gasteiger partial charge on any atom is 0.338 e. The Balaban J connectivity index is 0.873. The van der Waals surface area contributed by atoms with Crippen molar-refractivity contribution in [3.63, 3.8) is 0 Å². The highest BCUT2D eigenvalue weighted by Crippen LogP contribution is 2.76. The Labute approximate surface area is 716 Å². The summed E-state index contributed by atoms with van der Waals surface area (Å²) in [6, 6.07) is 64.1. The fourth-order valence-electron chi connectivity index (χ4n) is 20.8. The fraction of sp³-hybridized carbons (Fsp3) is 0.396. The zero-order chi connectivity index (χ0) is 86.3. The van der Waals surface area contributed by atoms with Crippen LogP contribution in [0.4, 0.5) is 0 Å². The first-order valence-corrected chi connectivity index (χ1v) is 42.4. The van der Waals surface area contributed by atoms with Gasteiger partial charge in [0.15, 0.2) is 43.1 Å². The Morgan fingerprint density at radius 1 is 0.382 bits per heavy atom. The van der Waals surface area contributed by atoms with E-state index in [1.165, 1.54) is 90.5 Å². The van der Waals surface area contributed by atoms with E-state index in [0.717, 1.165) is 32.1 Å². The highest BCUT2D eigenvalue weighted by atomic mass is 16.8. The van der Waals surface area contributed by atoms with Crippen LogP contribution in [0.2, 0.25) is 0 Å². The number of esters is 9. The molecule has 5 aliphatic carbocycles. The van der Waals surface area contributed by atoms with Gasteiger partial charge in [0, 0.05) is 5.41 Å². The van der Waals surface area contributed by atoms with Gasteiger partial charge in [0.2, 0.25) is 0 Å². The maximum absolute atomic E-state index is 15.6. The van der Waals surface area contributed by atoms with Crippen LogP contribution in [0, 0.1) is 50.2 Å². The van der Waals surface area contributed by atoms with Crippen molar-refractivity contribution < 1.29 is 105 Å². The lowest BCUT2D eigenvalue weighted by molar-refractivity contribution is -0.366. The van der Waals surface area contributed by atoms with Crippen LogP contribution >= 0.6 is 0 Å². The molecule has 0 aromatic heterocycles. The number of allylic oxidation sites excluding steroid dienone is 2. The molecular weight excluding hydrogens is 1570 g/mol. The quantitative estimate of drug-likeness (QED) is 0.0211. The van der Waals surface area contributed by atoms with Gasteiger partial charge in [-0.2, -0.15) is 0 Å². The molecule has 0 radical (unpaired) electrons. The van der Waals surface area contributed by atoms with Crippen molar-refractivity contribution in [2.45, 2.75) is 173 Å². The molecule has 15 rings (SSSR count). The number of hydrogen-bond donors (Lipinski definition) is 0. The Bertz CT molecular complexity index is 5130. The number of carbonyl (C=O) groups is 9. The van der Waals surface area contributed by atoms with Crippen molar-refractivity contribution in [1.82, 2.24) is 0 Å². The van der Waals surface area contributed by atoms with Crippen LogP contribution in [0.25, 0.3) is 0 Å². The van der Waals surface area contributed by atoms with Gasteiger partial charge in [0.25, 0.3) is 0 Å². The SMILES string of the molecule is C=CCOC(=O)[C@]12CCC(C)(C)C[C@H]1C1=CC[C@@H]3[C@@]4(C)CC[C@H](O[C@@H]5O[C@H](COC(=O)c6ccccc6)[C@@H](O[C@@H]6O[C@H](COC(=O)c7ccccc7)[C@H](OC(=O)c7ccccc7)[C@H](OC(=O)c7ccccc7)[C@H]6OC(=O)c6ccccc6)[C@H](OC(=O)c6ccccc6)[C@H]5OC(=O)c5ccccc5)[C@@](C)(COC(=O)c5ccccc5)C4CC[C@@]3(C)[C@]1(C)CC2. The Morgan fingerprint density at radius 2 is 0.748 bits per heavy atom. The summed E-state index contributed by atoms with van der Waals surface area (Å²) in [5.74, 6) is -7.76. The molecule has 0 bridgehead atoms. The molecule has 22 heteroatoms. The fourth-order valence-corrected chi connectivity index (χ4v) is 20.8. The third-order valence-electron chi connectivity index (χ3n) is 27.5. The van der Waals surface area contributed by atoms with E-state index in [-0.39, 0.29) is 98.5 Å². The van der Waals surface area contributed by atoms with Gasteiger partial charge in [-0.1, -0.05) is 211 Å². The summed E-state index contributed by atoms with van der Waals surface area (Å²) < 4.78 is 88.0. The van der Waals surface area contributed by atoms with Crippen molar-refractivity contribution >= 4 is 53.7 Å². The third-order valence-corrected chi connectivity index (χ3v) is 27.5. The van der Waals surface area contributed by atoms with Crippen molar-refractivity contribution in [3.05, 3.63) is 311 Å². The molecule has 123 heavy (non-hydrogen) atoms. The average molecular weight is 1670 g/mol. The number of carbonyl (C=O) groups excluding carboxylic acids is 9. The van der Waals surface area contributed by atoms with Crippen LogP contribution in [0.5, 0.6) is 0 Å². The van der Waals surface area contributed by atoms with E-state index in [9.17, 15) is 24.0 Å². The molecule has 8 aromatic carbocycles. The minimum Gasteiger partial charge on any atom is -0.461 e. The Morgan fingerprint density at radius 3 is 1.17 bits per heavy atom. The maximum atomic E-state index is 15.6. The van der Waals surface area contributed by atoms with Crippen molar-refractivity contribution in [1.29, 1.82) is 0 Å². The second kappa shape index (κ2) is 36.8. The third kappa shape index (κ3) is 17.8. The molecule has 1 unspecified atom stereocenters. The average Bonchev–Trinajstić information content (AvgIpc) is 0.672. The van der Waals surface area contributed by atoms with Crippen molar-refractivity contribution in [2.75, 3.05) is 26.4 Å². The molecule has 2 saturated heterocycles. The minimum absolute atomic E-state index is 0.00334. The number of rotatable bonds is 26. The summed E-state index contributed by atoms with van der Waals surface area (Å²) in [4.78, 5) is 135. The van der Waals surface area contributed by atoms with Crippen LogP contribution in [0.3, 0.4) is 0 Å². The lowest BCUT2D eigenvalue weighted by Crippen LogP contribution is -2.69. The highest BCUT2D eigenvalue weighted by Gasteiger charge is 2.71. The molecule has 7 aliphatic rings. The molecule has 8 aromatic rings. The summed E-state index contributed by atoms with van der Waals surface area (Å²) in [7, 11) is 0. The van der Waals surface area contributed by atoms with Gasteiger partial charge in [0.05, 0.1) is 62.6 Å². The van der Waals surface area contributed by atoms with E-state index in [2.05, 4.69) is 54.2 Å². The van der Waals surface area contributed by atoms with Gasteiger partial charge >= 0.3 is 53.7 Å². The normalized spacial score (nSPS) is 30.3. The minimum atomic E-state index is -2.16. The summed E-state index contributed by atoms with van der Waals surface area (Å²) >= 11 is 0. The molecule has 6 fully saturated rings. The van der Waals surface area contributed by atoms with E-state index in [1.54, 1.807) is 158 Å². The van der Waals surface area contributed by atoms with E-state index < -0.39 is 145 Å². The molecule has 2 heterocycles. The van der Waals surface area contributed by atoms with E-state index in [1.807, 2.05) is 6.07 Å². The molecule has 2 aliphatic heterocycles. The molecule has 640 valence electrons. The van der Waals surface area contributed by atoms with Crippen molar-refractivity contribution in [3.8, 4) is 0 Å². The predicted octanol–water partition coefficient (Wildman–Crippen LogP) is 17.4. The molecule has 0 spiro atoms. The number of hydrogen-bond acceptors (Lipinski definition) is 22. The lowest BCUT2D eigenvalue weighted by Gasteiger charge is -2.71. The van der Waals surface area contributed by atoms with Crippen LogP contribution in [0.15, 0.2) is 267 Å². The van der Waals surface area contributed by atoms with E-state index >= 15 is 19.2 Å². The van der Waals surface area contributed by atoms with Crippen LogP contribution < -0.4 is 0 Å². The van der Waals surface area contributed by atoms with Crippen LogP contribution in [0.1, 0.15) is 189 Å². The second-order valence-corrected chi connectivity index (χ2v) is 35.2. The van der Waals surface area contributed by atoms with E-state index in [4.69, 9.17) is 61.6 Å². The molecule has 22 nitrogen and oxygen atoms in total. The van der Waals surface area contributed by atoms with Crippen LogP contribution in [-0.2, 0) is 66.4 Å².